The molecular formula is C18H20CuO6. The Morgan fingerprint density at radius 1 is 0.680 bits per heavy atom. The molecule has 0 saturated carbocycles. The van der Waals surface area contributed by atoms with E-state index in [4.69, 9.17) is 10.2 Å². The molecule has 2 aromatic carbocycles. The van der Waals surface area contributed by atoms with E-state index in [1.54, 1.807) is 39.8 Å². The SMILES string of the molecule is Cc1cc(C)c(O)c(C(=O)O)c1.Cc1cc(C)c(O)c(C(=O)O)c1.[Cu]. The van der Waals surface area contributed by atoms with E-state index in [0.29, 0.717) is 11.1 Å². The van der Waals surface area contributed by atoms with Crippen LogP contribution in [-0.2, 0) is 17.1 Å². The first-order chi connectivity index (χ1) is 11.0. The summed E-state index contributed by atoms with van der Waals surface area (Å²) in [7, 11) is 0. The molecule has 0 heterocycles. The molecule has 6 nitrogen and oxygen atoms in total. The normalized spacial score (nSPS) is 9.44. The van der Waals surface area contributed by atoms with Crippen molar-refractivity contribution in [2.75, 3.05) is 0 Å². The van der Waals surface area contributed by atoms with Gasteiger partial charge in [-0.25, -0.2) is 9.59 Å². The van der Waals surface area contributed by atoms with E-state index >= 15 is 0 Å². The van der Waals surface area contributed by atoms with Gasteiger partial charge in [0.05, 0.1) is 0 Å². The van der Waals surface area contributed by atoms with Gasteiger partial charge >= 0.3 is 11.9 Å². The molecule has 0 atom stereocenters. The van der Waals surface area contributed by atoms with E-state index in [1.165, 1.54) is 12.1 Å². The molecule has 2 aromatic rings. The number of carboxylic acids is 2. The van der Waals surface area contributed by atoms with Gasteiger partial charge in [-0.15, -0.1) is 0 Å². The van der Waals surface area contributed by atoms with Crippen molar-refractivity contribution >= 4 is 11.9 Å². The predicted molar refractivity (Wildman–Crippen MR) is 89.1 cm³/mol. The van der Waals surface area contributed by atoms with Crippen molar-refractivity contribution in [3.63, 3.8) is 0 Å². The van der Waals surface area contributed by atoms with Gasteiger partial charge in [0, 0.05) is 17.1 Å². The Morgan fingerprint density at radius 3 is 1.20 bits per heavy atom. The maximum absolute atomic E-state index is 10.6. The molecule has 7 heteroatoms. The van der Waals surface area contributed by atoms with Gasteiger partial charge in [-0.3, -0.25) is 0 Å². The summed E-state index contributed by atoms with van der Waals surface area (Å²) < 4.78 is 0. The average Bonchev–Trinajstić information content (AvgIpc) is 2.46. The monoisotopic (exact) mass is 395 g/mol. The molecule has 0 aromatic heterocycles. The Balaban J connectivity index is 0.000000443. The summed E-state index contributed by atoms with van der Waals surface area (Å²) in [4.78, 5) is 21.1. The van der Waals surface area contributed by atoms with Crippen LogP contribution < -0.4 is 0 Å². The van der Waals surface area contributed by atoms with Gasteiger partial charge in [0.2, 0.25) is 0 Å². The van der Waals surface area contributed by atoms with Crippen LogP contribution in [0.25, 0.3) is 0 Å². The molecule has 0 aliphatic rings. The molecule has 0 aliphatic heterocycles. The molecule has 139 valence electrons. The average molecular weight is 396 g/mol. The second kappa shape index (κ2) is 9.11. The van der Waals surface area contributed by atoms with Crippen molar-refractivity contribution in [3.8, 4) is 11.5 Å². The number of aromatic carboxylic acids is 2. The van der Waals surface area contributed by atoms with Crippen LogP contribution in [0.2, 0.25) is 0 Å². The maximum Gasteiger partial charge on any atom is 0.339 e. The van der Waals surface area contributed by atoms with Gasteiger partial charge in [0.15, 0.2) is 0 Å². The molecule has 25 heavy (non-hydrogen) atoms. The molecule has 0 bridgehead atoms. The summed E-state index contributed by atoms with van der Waals surface area (Å²) in [5, 5.41) is 35.9. The largest absolute Gasteiger partial charge is 0.507 e. The topological polar surface area (TPSA) is 115 Å². The summed E-state index contributed by atoms with van der Waals surface area (Å²) in [6.07, 6.45) is 0. The van der Waals surface area contributed by atoms with E-state index in [0.717, 1.165) is 11.1 Å². The van der Waals surface area contributed by atoms with Crippen LogP contribution in [0.3, 0.4) is 0 Å². The fraction of sp³-hybridized carbons (Fsp3) is 0.222. The van der Waals surface area contributed by atoms with Crippen LogP contribution in [0.1, 0.15) is 43.0 Å². The van der Waals surface area contributed by atoms with Gasteiger partial charge in [-0.05, 0) is 62.1 Å². The number of hydrogen-bond acceptors (Lipinski definition) is 4. The zero-order valence-electron chi connectivity index (χ0n) is 14.2. The predicted octanol–water partition coefficient (Wildman–Crippen LogP) is 3.41. The van der Waals surface area contributed by atoms with Crippen LogP contribution in [0, 0.1) is 27.7 Å². The van der Waals surface area contributed by atoms with Gasteiger partial charge < -0.3 is 20.4 Å². The van der Waals surface area contributed by atoms with E-state index in [2.05, 4.69) is 0 Å². The molecule has 0 unspecified atom stereocenters. The molecule has 4 N–H and O–H groups in total. The number of carbonyl (C=O) groups is 2. The molecule has 0 aliphatic carbocycles. The first-order valence-electron chi connectivity index (χ1n) is 7.11. The van der Waals surface area contributed by atoms with Gasteiger partial charge in [-0.2, -0.15) is 0 Å². The minimum atomic E-state index is -1.10. The number of phenols is 2. The number of carboxylic acid groups (broad SMARTS) is 2. The Morgan fingerprint density at radius 2 is 0.960 bits per heavy atom. The second-order valence-corrected chi connectivity index (χ2v) is 5.57. The Hall–Kier alpha value is -2.50. The van der Waals surface area contributed by atoms with E-state index in [9.17, 15) is 19.8 Å². The number of hydrogen-bond donors (Lipinski definition) is 4. The Bertz CT molecular complexity index is 731. The van der Waals surface area contributed by atoms with E-state index < -0.39 is 11.9 Å². The summed E-state index contributed by atoms with van der Waals surface area (Å²) in [6, 6.07) is 6.37. The quantitative estimate of drug-likeness (QED) is 0.579. The number of aryl methyl sites for hydroxylation is 4. The van der Waals surface area contributed by atoms with Crippen molar-refractivity contribution in [2.24, 2.45) is 0 Å². The van der Waals surface area contributed by atoms with Gasteiger partial charge in [0.25, 0.3) is 0 Å². The number of rotatable bonds is 2. The molecule has 0 amide bonds. The Labute approximate surface area is 156 Å². The minimum Gasteiger partial charge on any atom is -0.507 e. The molecule has 1 radical (unpaired) electrons. The third-order valence-corrected chi connectivity index (χ3v) is 3.35. The molecule has 0 fully saturated rings. The zero-order chi connectivity index (χ0) is 18.6. The Kier molecular flexibility index (Phi) is 8.19. The fourth-order valence-corrected chi connectivity index (χ4v) is 2.25. The minimum absolute atomic E-state index is 0. The third kappa shape index (κ3) is 5.81. The van der Waals surface area contributed by atoms with Crippen molar-refractivity contribution in [2.45, 2.75) is 27.7 Å². The van der Waals surface area contributed by atoms with Crippen molar-refractivity contribution < 1.29 is 47.1 Å². The molecule has 0 saturated heterocycles. The third-order valence-electron chi connectivity index (χ3n) is 3.35. The first-order valence-corrected chi connectivity index (χ1v) is 7.11. The van der Waals surface area contributed by atoms with E-state index in [1.807, 2.05) is 0 Å². The first kappa shape index (κ1) is 22.5. The van der Waals surface area contributed by atoms with Crippen molar-refractivity contribution in [1.82, 2.24) is 0 Å². The maximum atomic E-state index is 10.6. The van der Waals surface area contributed by atoms with Crippen molar-refractivity contribution in [1.29, 1.82) is 0 Å². The van der Waals surface area contributed by atoms with Gasteiger partial charge in [0.1, 0.15) is 22.6 Å². The van der Waals surface area contributed by atoms with E-state index in [-0.39, 0.29) is 39.7 Å². The molecule has 0 spiro atoms. The van der Waals surface area contributed by atoms with Crippen LogP contribution >= 0.6 is 0 Å². The summed E-state index contributed by atoms with van der Waals surface area (Å²) >= 11 is 0. The molecular weight excluding hydrogens is 376 g/mol. The summed E-state index contributed by atoms with van der Waals surface area (Å²) in [5.41, 5.74) is 2.78. The van der Waals surface area contributed by atoms with Crippen LogP contribution in [0.4, 0.5) is 0 Å². The van der Waals surface area contributed by atoms with Crippen LogP contribution in [-0.4, -0.2) is 32.4 Å². The summed E-state index contributed by atoms with van der Waals surface area (Å²) in [6.45, 7) is 6.93. The van der Waals surface area contributed by atoms with Crippen LogP contribution in [0.15, 0.2) is 24.3 Å². The standard InChI is InChI=1S/2C9H10O3.Cu/c2*1-5-3-6(2)8(10)7(4-5)9(11)12;/h2*3-4,10H,1-2H3,(H,11,12);. The number of aromatic hydroxyl groups is 2. The summed E-state index contributed by atoms with van der Waals surface area (Å²) in [5.74, 6) is -2.49. The van der Waals surface area contributed by atoms with Crippen molar-refractivity contribution in [3.05, 3.63) is 57.6 Å². The van der Waals surface area contributed by atoms with Crippen LogP contribution in [0.5, 0.6) is 11.5 Å². The zero-order valence-corrected chi connectivity index (χ0v) is 15.2. The fourth-order valence-electron chi connectivity index (χ4n) is 2.25. The number of benzene rings is 2. The smallest absolute Gasteiger partial charge is 0.339 e. The molecule has 2 rings (SSSR count). The van der Waals surface area contributed by atoms with Gasteiger partial charge in [-0.1, -0.05) is 12.1 Å². The second-order valence-electron chi connectivity index (χ2n) is 5.57.